The minimum absolute atomic E-state index is 0.0855. The lowest BCUT2D eigenvalue weighted by Crippen LogP contribution is -2.19. The van der Waals surface area contributed by atoms with Crippen LogP contribution in [0.3, 0.4) is 0 Å². The van der Waals surface area contributed by atoms with Crippen LogP contribution < -0.4 is 5.32 Å². The monoisotopic (exact) mass is 271 g/mol. The molecule has 0 saturated heterocycles. The molecule has 18 heavy (non-hydrogen) atoms. The lowest BCUT2D eigenvalue weighted by molar-refractivity contribution is -0.116. The zero-order chi connectivity index (χ0) is 13.1. The van der Waals surface area contributed by atoms with Crippen molar-refractivity contribution in [3.63, 3.8) is 0 Å². The molecule has 94 valence electrons. The van der Waals surface area contributed by atoms with E-state index in [0.29, 0.717) is 6.07 Å². The molecule has 0 spiro atoms. The molecular weight excluding hydrogens is 264 g/mol. The summed E-state index contributed by atoms with van der Waals surface area (Å²) >= 11 is 5.69. The van der Waals surface area contributed by atoms with Gasteiger partial charge in [-0.3, -0.25) is 4.79 Å². The Morgan fingerprint density at radius 1 is 1.44 bits per heavy atom. The standard InChI is InChI=1S/C11H8ClF2N3O/c12-11-15-3-4-17(11)6-10(18)16-9-2-1-7(13)5-8(9)14/h1-5H,6H2,(H,16,18). The number of rotatable bonds is 3. The molecule has 0 aliphatic heterocycles. The molecule has 0 aliphatic carbocycles. The van der Waals surface area contributed by atoms with Gasteiger partial charge in [0.2, 0.25) is 11.2 Å². The second kappa shape index (κ2) is 5.14. The number of carbonyl (C=O) groups excluding carboxylic acids is 1. The van der Waals surface area contributed by atoms with Gasteiger partial charge in [-0.15, -0.1) is 0 Å². The van der Waals surface area contributed by atoms with E-state index in [0.717, 1.165) is 12.1 Å². The first-order chi connectivity index (χ1) is 8.56. The molecule has 0 radical (unpaired) electrons. The number of halogens is 3. The Hall–Kier alpha value is -1.95. The molecule has 1 amide bonds. The highest BCUT2D eigenvalue weighted by molar-refractivity contribution is 6.28. The SMILES string of the molecule is O=C(Cn1ccnc1Cl)Nc1ccc(F)cc1F. The van der Waals surface area contributed by atoms with Crippen LogP contribution in [-0.2, 0) is 11.3 Å². The second-order valence-corrected chi connectivity index (χ2v) is 3.83. The van der Waals surface area contributed by atoms with E-state index in [9.17, 15) is 13.6 Å². The van der Waals surface area contributed by atoms with Crippen LogP contribution in [0.15, 0.2) is 30.6 Å². The summed E-state index contributed by atoms with van der Waals surface area (Å²) in [5, 5.41) is 2.47. The summed E-state index contributed by atoms with van der Waals surface area (Å²) in [6, 6.07) is 2.90. The summed E-state index contributed by atoms with van der Waals surface area (Å²) in [5.74, 6) is -2.02. The smallest absolute Gasteiger partial charge is 0.244 e. The van der Waals surface area contributed by atoms with Crippen molar-refractivity contribution in [2.75, 3.05) is 5.32 Å². The molecule has 7 heteroatoms. The Labute approximate surface area is 106 Å². The molecule has 1 aromatic carbocycles. The molecule has 0 saturated carbocycles. The van der Waals surface area contributed by atoms with Crippen molar-refractivity contribution < 1.29 is 13.6 Å². The van der Waals surface area contributed by atoms with Crippen LogP contribution in [-0.4, -0.2) is 15.5 Å². The molecule has 2 aromatic rings. The Balaban J connectivity index is 2.05. The van der Waals surface area contributed by atoms with Gasteiger partial charge in [-0.25, -0.2) is 13.8 Å². The lowest BCUT2D eigenvalue weighted by Gasteiger charge is -2.07. The zero-order valence-corrected chi connectivity index (χ0v) is 9.79. The average molecular weight is 272 g/mol. The molecule has 4 nitrogen and oxygen atoms in total. The first-order valence-electron chi connectivity index (χ1n) is 4.98. The van der Waals surface area contributed by atoms with Crippen molar-refractivity contribution in [1.29, 1.82) is 0 Å². The van der Waals surface area contributed by atoms with Gasteiger partial charge in [0.05, 0.1) is 5.69 Å². The molecule has 1 N–H and O–H groups in total. The number of amides is 1. The van der Waals surface area contributed by atoms with E-state index in [-0.39, 0.29) is 17.5 Å². The van der Waals surface area contributed by atoms with Crippen LogP contribution in [0.5, 0.6) is 0 Å². The Bertz CT molecular complexity index is 585. The minimum atomic E-state index is -0.833. The van der Waals surface area contributed by atoms with Crippen molar-refractivity contribution in [3.05, 3.63) is 47.5 Å². The van der Waals surface area contributed by atoms with E-state index in [4.69, 9.17) is 11.6 Å². The van der Waals surface area contributed by atoms with Gasteiger partial charge in [-0.05, 0) is 23.7 Å². The van der Waals surface area contributed by atoms with Gasteiger partial charge in [0, 0.05) is 18.5 Å². The number of aromatic nitrogens is 2. The van der Waals surface area contributed by atoms with Crippen LogP contribution >= 0.6 is 11.6 Å². The van der Waals surface area contributed by atoms with Crippen LogP contribution in [0.1, 0.15) is 0 Å². The Morgan fingerprint density at radius 3 is 2.83 bits per heavy atom. The minimum Gasteiger partial charge on any atom is -0.322 e. The molecule has 0 bridgehead atoms. The van der Waals surface area contributed by atoms with Crippen LogP contribution in [0, 0.1) is 11.6 Å². The molecule has 2 rings (SSSR count). The topological polar surface area (TPSA) is 46.9 Å². The molecule has 1 aromatic heterocycles. The highest BCUT2D eigenvalue weighted by Crippen LogP contribution is 2.15. The fraction of sp³-hybridized carbons (Fsp3) is 0.0909. The van der Waals surface area contributed by atoms with E-state index in [1.54, 1.807) is 0 Å². The number of benzene rings is 1. The predicted octanol–water partition coefficient (Wildman–Crippen LogP) is 2.45. The number of nitrogens with zero attached hydrogens (tertiary/aromatic N) is 2. The predicted molar refractivity (Wildman–Crippen MR) is 62.2 cm³/mol. The summed E-state index contributed by atoms with van der Waals surface area (Å²) < 4.78 is 27.3. The number of carbonyl (C=O) groups is 1. The van der Waals surface area contributed by atoms with Gasteiger partial charge in [0.1, 0.15) is 18.2 Å². The van der Waals surface area contributed by atoms with Gasteiger partial charge in [0.25, 0.3) is 0 Å². The average Bonchev–Trinajstić information content (AvgIpc) is 2.69. The summed E-state index contributed by atoms with van der Waals surface area (Å²) in [6.07, 6.45) is 2.96. The summed E-state index contributed by atoms with van der Waals surface area (Å²) in [4.78, 5) is 15.3. The number of nitrogens with one attached hydrogen (secondary N) is 1. The summed E-state index contributed by atoms with van der Waals surface area (Å²) in [5.41, 5.74) is -0.0855. The van der Waals surface area contributed by atoms with Gasteiger partial charge >= 0.3 is 0 Å². The quantitative estimate of drug-likeness (QED) is 0.932. The van der Waals surface area contributed by atoms with Gasteiger partial charge < -0.3 is 9.88 Å². The fourth-order valence-electron chi connectivity index (χ4n) is 1.36. The molecule has 0 atom stereocenters. The summed E-state index contributed by atoms with van der Waals surface area (Å²) in [7, 11) is 0. The molecule has 0 unspecified atom stereocenters. The van der Waals surface area contributed by atoms with Crippen molar-refractivity contribution in [3.8, 4) is 0 Å². The van der Waals surface area contributed by atoms with Crippen molar-refractivity contribution in [1.82, 2.24) is 9.55 Å². The fourth-order valence-corrected chi connectivity index (χ4v) is 1.54. The van der Waals surface area contributed by atoms with E-state index in [2.05, 4.69) is 10.3 Å². The van der Waals surface area contributed by atoms with E-state index < -0.39 is 17.5 Å². The largest absolute Gasteiger partial charge is 0.322 e. The number of anilines is 1. The van der Waals surface area contributed by atoms with Crippen LogP contribution in [0.4, 0.5) is 14.5 Å². The first-order valence-corrected chi connectivity index (χ1v) is 5.35. The van der Waals surface area contributed by atoms with Crippen LogP contribution in [0.25, 0.3) is 0 Å². The van der Waals surface area contributed by atoms with Gasteiger partial charge in [-0.2, -0.15) is 0 Å². The maximum atomic E-state index is 13.3. The Kier molecular flexibility index (Phi) is 3.57. The molecule has 0 aliphatic rings. The Morgan fingerprint density at radius 2 is 2.22 bits per heavy atom. The van der Waals surface area contributed by atoms with E-state index in [1.165, 1.54) is 17.0 Å². The van der Waals surface area contributed by atoms with Gasteiger partial charge in [-0.1, -0.05) is 0 Å². The molecule has 0 fully saturated rings. The highest BCUT2D eigenvalue weighted by Gasteiger charge is 2.09. The zero-order valence-electron chi connectivity index (χ0n) is 9.03. The van der Waals surface area contributed by atoms with E-state index in [1.807, 2.05) is 0 Å². The number of hydrogen-bond donors (Lipinski definition) is 1. The molecular formula is C11H8ClF2N3O. The molecule has 1 heterocycles. The third kappa shape index (κ3) is 2.84. The normalized spacial score (nSPS) is 10.4. The first kappa shape index (κ1) is 12.5. The maximum Gasteiger partial charge on any atom is 0.244 e. The number of imidazole rings is 1. The number of hydrogen-bond acceptors (Lipinski definition) is 2. The van der Waals surface area contributed by atoms with Crippen molar-refractivity contribution in [2.24, 2.45) is 0 Å². The van der Waals surface area contributed by atoms with E-state index >= 15 is 0 Å². The third-order valence-electron chi connectivity index (χ3n) is 2.18. The van der Waals surface area contributed by atoms with Crippen molar-refractivity contribution >= 4 is 23.2 Å². The van der Waals surface area contributed by atoms with Crippen LogP contribution in [0.2, 0.25) is 5.28 Å². The second-order valence-electron chi connectivity index (χ2n) is 3.50. The van der Waals surface area contributed by atoms with Crippen molar-refractivity contribution in [2.45, 2.75) is 6.54 Å². The van der Waals surface area contributed by atoms with Gasteiger partial charge in [0.15, 0.2) is 0 Å². The highest BCUT2D eigenvalue weighted by atomic mass is 35.5. The third-order valence-corrected chi connectivity index (χ3v) is 2.50. The summed E-state index contributed by atoms with van der Waals surface area (Å²) in [6.45, 7) is -0.102. The maximum absolute atomic E-state index is 13.3. The lowest BCUT2D eigenvalue weighted by atomic mass is 10.3.